The SMILES string of the molecule is CN(C)c1ncc(C(=O)N[C@H]2C3CC4CC2C[C@@](O)(C4)C3)c(C2CCCC2)n1. The van der Waals surface area contributed by atoms with E-state index < -0.39 is 5.60 Å². The standard InChI is InChI=1S/C22H32N4O2/c1-26(2)21-23-12-17(19(25-21)14-5-3-4-6-14)20(27)24-18-15-7-13-8-16(18)11-22(28,9-13)10-15/h12-16,18,28H,3-11H2,1-2H3,(H,24,27)/t13?,15?,16?,18-,22+. The minimum atomic E-state index is -0.469. The summed E-state index contributed by atoms with van der Waals surface area (Å²) in [5.74, 6) is 2.50. The number of carbonyl (C=O) groups excluding carboxylic acids is 1. The Balaban J connectivity index is 1.39. The summed E-state index contributed by atoms with van der Waals surface area (Å²) in [4.78, 5) is 24.4. The maximum Gasteiger partial charge on any atom is 0.254 e. The van der Waals surface area contributed by atoms with E-state index in [0.29, 0.717) is 35.2 Å². The Kier molecular flexibility index (Phi) is 4.38. The number of carbonyl (C=O) groups is 1. The molecule has 5 fully saturated rings. The quantitative estimate of drug-likeness (QED) is 0.835. The maximum atomic E-state index is 13.3. The molecule has 6 nitrogen and oxygen atoms in total. The molecule has 2 unspecified atom stereocenters. The molecule has 1 aromatic heterocycles. The molecule has 5 aliphatic rings. The Morgan fingerprint density at radius 1 is 1.18 bits per heavy atom. The van der Waals surface area contributed by atoms with E-state index in [1.807, 2.05) is 19.0 Å². The van der Waals surface area contributed by atoms with Gasteiger partial charge in [0.05, 0.1) is 16.9 Å². The fraction of sp³-hybridized carbons (Fsp3) is 0.773. The van der Waals surface area contributed by atoms with Gasteiger partial charge in [-0.1, -0.05) is 12.8 Å². The van der Waals surface area contributed by atoms with Gasteiger partial charge in [0, 0.05) is 32.3 Å². The average molecular weight is 385 g/mol. The molecular weight excluding hydrogens is 352 g/mol. The third-order valence-corrected chi connectivity index (χ3v) is 7.73. The van der Waals surface area contributed by atoms with Crippen LogP contribution in [0.15, 0.2) is 6.20 Å². The lowest BCUT2D eigenvalue weighted by molar-refractivity contribution is -0.136. The molecule has 2 N–H and O–H groups in total. The van der Waals surface area contributed by atoms with Crippen LogP contribution in [0.4, 0.5) is 5.95 Å². The van der Waals surface area contributed by atoms with Crippen molar-refractivity contribution in [2.45, 2.75) is 75.3 Å². The summed E-state index contributed by atoms with van der Waals surface area (Å²) in [7, 11) is 3.87. The molecule has 152 valence electrons. The molecule has 1 aromatic rings. The normalized spacial score (nSPS) is 36.7. The first-order chi connectivity index (χ1) is 13.4. The second-order valence-electron chi connectivity index (χ2n) is 10.0. The Morgan fingerprint density at radius 2 is 1.86 bits per heavy atom. The zero-order valence-corrected chi connectivity index (χ0v) is 17.0. The number of aromatic nitrogens is 2. The van der Waals surface area contributed by atoms with E-state index in [1.165, 1.54) is 12.8 Å². The molecule has 0 aromatic carbocycles. The molecule has 0 radical (unpaired) electrons. The zero-order valence-electron chi connectivity index (χ0n) is 17.0. The number of anilines is 1. The Morgan fingerprint density at radius 3 is 2.46 bits per heavy atom. The summed E-state index contributed by atoms with van der Waals surface area (Å²) in [6, 6.07) is 0.189. The highest BCUT2D eigenvalue weighted by atomic mass is 16.3. The van der Waals surface area contributed by atoms with Gasteiger partial charge in [-0.2, -0.15) is 0 Å². The van der Waals surface area contributed by atoms with E-state index in [-0.39, 0.29) is 11.9 Å². The molecule has 6 heteroatoms. The first-order valence-corrected chi connectivity index (χ1v) is 11.0. The van der Waals surface area contributed by atoms with Crippen LogP contribution < -0.4 is 10.2 Å². The van der Waals surface area contributed by atoms with Gasteiger partial charge >= 0.3 is 0 Å². The Bertz CT molecular complexity index is 758. The molecule has 0 aliphatic heterocycles. The van der Waals surface area contributed by atoms with Gasteiger partial charge in [0.2, 0.25) is 5.95 Å². The topological polar surface area (TPSA) is 78.4 Å². The first kappa shape index (κ1) is 18.3. The Labute approximate surface area is 167 Å². The average Bonchev–Trinajstić information content (AvgIpc) is 3.17. The smallest absolute Gasteiger partial charge is 0.254 e. The molecule has 0 spiro atoms. The summed E-state index contributed by atoms with van der Waals surface area (Å²) < 4.78 is 0. The summed E-state index contributed by atoms with van der Waals surface area (Å²) >= 11 is 0. The van der Waals surface area contributed by atoms with Crippen LogP contribution in [0.5, 0.6) is 0 Å². The number of hydrogen-bond donors (Lipinski definition) is 2. The molecule has 1 heterocycles. The largest absolute Gasteiger partial charge is 0.390 e. The molecule has 0 saturated heterocycles. The van der Waals surface area contributed by atoms with Crippen molar-refractivity contribution in [3.05, 3.63) is 17.5 Å². The molecule has 6 rings (SSSR count). The summed E-state index contributed by atoms with van der Waals surface area (Å²) in [6.07, 6.45) is 11.3. The summed E-state index contributed by atoms with van der Waals surface area (Å²) in [5, 5.41) is 14.2. The van der Waals surface area contributed by atoms with Crippen LogP contribution >= 0.6 is 0 Å². The molecule has 28 heavy (non-hydrogen) atoms. The molecule has 1 amide bonds. The first-order valence-electron chi connectivity index (χ1n) is 11.0. The minimum absolute atomic E-state index is 0.0170. The van der Waals surface area contributed by atoms with Crippen molar-refractivity contribution >= 4 is 11.9 Å². The third-order valence-electron chi connectivity index (χ3n) is 7.73. The number of nitrogens with one attached hydrogen (secondary N) is 1. The van der Waals surface area contributed by atoms with Crippen molar-refractivity contribution in [1.82, 2.24) is 15.3 Å². The highest BCUT2D eigenvalue weighted by Gasteiger charge is 2.55. The van der Waals surface area contributed by atoms with Crippen LogP contribution in [0.1, 0.15) is 79.8 Å². The fourth-order valence-corrected chi connectivity index (χ4v) is 6.73. The number of rotatable bonds is 4. The predicted octanol–water partition coefficient (Wildman–Crippen LogP) is 2.87. The van der Waals surface area contributed by atoms with Crippen LogP contribution in [0, 0.1) is 17.8 Å². The third kappa shape index (κ3) is 3.10. The van der Waals surface area contributed by atoms with Gasteiger partial charge in [0.1, 0.15) is 0 Å². The van der Waals surface area contributed by atoms with E-state index in [4.69, 9.17) is 4.98 Å². The van der Waals surface area contributed by atoms with Crippen molar-refractivity contribution in [3.63, 3.8) is 0 Å². The fourth-order valence-electron chi connectivity index (χ4n) is 6.73. The van der Waals surface area contributed by atoms with Crippen molar-refractivity contribution in [3.8, 4) is 0 Å². The second kappa shape index (κ2) is 6.68. The second-order valence-corrected chi connectivity index (χ2v) is 10.0. The lowest BCUT2D eigenvalue weighted by Crippen LogP contribution is -2.61. The van der Waals surface area contributed by atoms with Crippen LogP contribution in [-0.4, -0.2) is 46.7 Å². The van der Waals surface area contributed by atoms with Crippen LogP contribution in [0.3, 0.4) is 0 Å². The lowest BCUT2D eigenvalue weighted by atomic mass is 9.52. The van der Waals surface area contributed by atoms with Crippen molar-refractivity contribution in [1.29, 1.82) is 0 Å². The van der Waals surface area contributed by atoms with E-state index in [2.05, 4.69) is 10.3 Å². The number of hydrogen-bond acceptors (Lipinski definition) is 5. The van der Waals surface area contributed by atoms with E-state index in [1.54, 1.807) is 6.20 Å². The minimum Gasteiger partial charge on any atom is -0.390 e. The van der Waals surface area contributed by atoms with Gasteiger partial charge in [0.15, 0.2) is 0 Å². The summed E-state index contributed by atoms with van der Waals surface area (Å²) in [6.45, 7) is 0. The molecule has 2 atom stereocenters. The van der Waals surface area contributed by atoms with Crippen molar-refractivity contribution in [2.24, 2.45) is 17.8 Å². The lowest BCUT2D eigenvalue weighted by Gasteiger charge is -2.58. The maximum absolute atomic E-state index is 13.3. The molecule has 4 bridgehead atoms. The molecule has 5 saturated carbocycles. The highest BCUT2D eigenvalue weighted by Crippen LogP contribution is 2.55. The highest BCUT2D eigenvalue weighted by molar-refractivity contribution is 5.95. The van der Waals surface area contributed by atoms with Crippen LogP contribution in [0.2, 0.25) is 0 Å². The van der Waals surface area contributed by atoms with E-state index >= 15 is 0 Å². The van der Waals surface area contributed by atoms with Gasteiger partial charge in [-0.25, -0.2) is 9.97 Å². The van der Waals surface area contributed by atoms with Gasteiger partial charge < -0.3 is 15.3 Å². The van der Waals surface area contributed by atoms with E-state index in [0.717, 1.165) is 50.6 Å². The molecule has 5 aliphatic carbocycles. The van der Waals surface area contributed by atoms with Gasteiger partial charge in [0.25, 0.3) is 5.91 Å². The Hall–Kier alpha value is -1.69. The summed E-state index contributed by atoms with van der Waals surface area (Å²) in [5.41, 5.74) is 1.12. The zero-order chi connectivity index (χ0) is 19.5. The van der Waals surface area contributed by atoms with Gasteiger partial charge in [-0.3, -0.25) is 4.79 Å². The van der Waals surface area contributed by atoms with Crippen molar-refractivity contribution in [2.75, 3.05) is 19.0 Å². The van der Waals surface area contributed by atoms with Gasteiger partial charge in [-0.05, 0) is 62.7 Å². The van der Waals surface area contributed by atoms with Gasteiger partial charge in [-0.15, -0.1) is 0 Å². The van der Waals surface area contributed by atoms with Crippen molar-refractivity contribution < 1.29 is 9.90 Å². The van der Waals surface area contributed by atoms with Crippen LogP contribution in [-0.2, 0) is 0 Å². The monoisotopic (exact) mass is 384 g/mol. The number of nitrogens with zero attached hydrogens (tertiary/aromatic N) is 3. The predicted molar refractivity (Wildman–Crippen MR) is 107 cm³/mol. The van der Waals surface area contributed by atoms with Crippen LogP contribution in [0.25, 0.3) is 0 Å². The number of amides is 1. The number of aliphatic hydroxyl groups is 1. The van der Waals surface area contributed by atoms with E-state index in [9.17, 15) is 9.90 Å². The molecular formula is C22H32N4O2.